The first kappa shape index (κ1) is 14.8. The van der Waals surface area contributed by atoms with E-state index in [9.17, 15) is 9.59 Å². The lowest BCUT2D eigenvalue weighted by atomic mass is 9.95. The van der Waals surface area contributed by atoms with Crippen molar-refractivity contribution in [1.29, 1.82) is 0 Å². The maximum atomic E-state index is 12.1. The Bertz CT molecular complexity index is 462. The molecule has 0 aliphatic carbocycles. The predicted molar refractivity (Wildman–Crippen MR) is 80.5 cm³/mol. The van der Waals surface area contributed by atoms with Crippen molar-refractivity contribution in [3.05, 3.63) is 35.0 Å². The first-order chi connectivity index (χ1) is 9.70. The molecule has 0 aromatic carbocycles. The Morgan fingerprint density at radius 2 is 2.20 bits per heavy atom. The Labute approximate surface area is 123 Å². The molecule has 2 amide bonds. The fourth-order valence-electron chi connectivity index (χ4n) is 2.38. The highest BCUT2D eigenvalue weighted by Crippen LogP contribution is 2.19. The van der Waals surface area contributed by atoms with Crippen LogP contribution in [0.5, 0.6) is 0 Å². The van der Waals surface area contributed by atoms with Crippen molar-refractivity contribution in [2.75, 3.05) is 19.6 Å². The Hall–Kier alpha value is -1.62. The average molecular weight is 292 g/mol. The van der Waals surface area contributed by atoms with Crippen molar-refractivity contribution in [1.82, 2.24) is 10.2 Å². The van der Waals surface area contributed by atoms with Gasteiger partial charge in [-0.15, -0.1) is 17.9 Å². The molecule has 1 aliphatic rings. The fraction of sp³-hybridized carbons (Fsp3) is 0.467. The molecule has 1 saturated heterocycles. The highest BCUT2D eigenvalue weighted by Gasteiger charge is 2.26. The molecule has 0 radical (unpaired) electrons. The molecular weight excluding hydrogens is 272 g/mol. The van der Waals surface area contributed by atoms with E-state index in [-0.39, 0.29) is 17.7 Å². The lowest BCUT2D eigenvalue weighted by Crippen LogP contribution is -2.43. The number of carbonyl (C=O) groups excluding carboxylic acids is 2. The molecule has 2 rings (SSSR count). The summed E-state index contributed by atoms with van der Waals surface area (Å²) in [5, 5.41) is 4.81. The summed E-state index contributed by atoms with van der Waals surface area (Å²) < 4.78 is 0. The summed E-state index contributed by atoms with van der Waals surface area (Å²) in [6, 6.07) is 3.95. The van der Waals surface area contributed by atoms with E-state index in [1.54, 1.807) is 17.4 Å². The van der Waals surface area contributed by atoms with Gasteiger partial charge in [0, 0.05) is 30.4 Å². The minimum absolute atomic E-state index is 0.0285. The Morgan fingerprint density at radius 3 is 2.80 bits per heavy atom. The molecule has 0 spiro atoms. The van der Waals surface area contributed by atoms with E-state index in [1.165, 1.54) is 0 Å². The van der Waals surface area contributed by atoms with Crippen LogP contribution in [-0.2, 0) is 16.0 Å². The fourth-order valence-corrected chi connectivity index (χ4v) is 3.08. The van der Waals surface area contributed by atoms with E-state index in [4.69, 9.17) is 0 Å². The van der Waals surface area contributed by atoms with Crippen LogP contribution in [0.1, 0.15) is 17.7 Å². The van der Waals surface area contributed by atoms with Crippen molar-refractivity contribution >= 4 is 23.2 Å². The Kier molecular flexibility index (Phi) is 5.35. The first-order valence-corrected chi connectivity index (χ1v) is 7.77. The van der Waals surface area contributed by atoms with E-state index in [1.807, 2.05) is 22.4 Å². The standard InChI is InChI=1S/C15H20N2O2S/c1-2-7-16-15(19)12-5-8-17(9-6-12)14(18)11-13-4-3-10-20-13/h2-4,10,12H,1,5-9,11H2,(H,16,19). The monoisotopic (exact) mass is 292 g/mol. The molecule has 0 atom stereocenters. The SMILES string of the molecule is C=CCNC(=O)C1CCN(C(=O)Cc2cccs2)CC1. The number of likely N-dealkylation sites (tertiary alicyclic amines) is 1. The molecule has 1 aliphatic heterocycles. The molecule has 2 heterocycles. The van der Waals surface area contributed by atoms with Crippen molar-refractivity contribution in [3.8, 4) is 0 Å². The van der Waals surface area contributed by atoms with E-state index >= 15 is 0 Å². The summed E-state index contributed by atoms with van der Waals surface area (Å²) >= 11 is 1.61. The van der Waals surface area contributed by atoms with E-state index in [0.717, 1.165) is 17.7 Å². The highest BCUT2D eigenvalue weighted by molar-refractivity contribution is 7.10. The van der Waals surface area contributed by atoms with Gasteiger partial charge in [0.1, 0.15) is 0 Å². The second-order valence-corrected chi connectivity index (χ2v) is 5.98. The number of thiophene rings is 1. The zero-order valence-electron chi connectivity index (χ0n) is 11.5. The van der Waals surface area contributed by atoms with Crippen molar-refractivity contribution in [2.24, 2.45) is 5.92 Å². The summed E-state index contributed by atoms with van der Waals surface area (Å²) in [6.45, 7) is 5.45. The normalized spacial score (nSPS) is 15.9. The third-order valence-electron chi connectivity index (χ3n) is 3.54. The molecular formula is C15H20N2O2S. The first-order valence-electron chi connectivity index (χ1n) is 6.89. The maximum Gasteiger partial charge on any atom is 0.227 e. The molecule has 20 heavy (non-hydrogen) atoms. The third-order valence-corrected chi connectivity index (χ3v) is 4.42. The number of rotatable bonds is 5. The average Bonchev–Trinajstić information content (AvgIpc) is 2.97. The Balaban J connectivity index is 1.77. The molecule has 108 valence electrons. The minimum Gasteiger partial charge on any atom is -0.352 e. The number of carbonyl (C=O) groups is 2. The number of hydrogen-bond acceptors (Lipinski definition) is 3. The molecule has 1 fully saturated rings. The molecule has 0 saturated carbocycles. The summed E-state index contributed by atoms with van der Waals surface area (Å²) in [6.07, 6.45) is 3.65. The largest absolute Gasteiger partial charge is 0.352 e. The number of hydrogen-bond donors (Lipinski definition) is 1. The predicted octanol–water partition coefficient (Wildman–Crippen LogP) is 1.83. The molecule has 1 aromatic rings. The van der Waals surface area contributed by atoms with Crippen molar-refractivity contribution in [2.45, 2.75) is 19.3 Å². The van der Waals surface area contributed by atoms with Gasteiger partial charge in [-0.3, -0.25) is 9.59 Å². The number of amides is 2. The molecule has 5 heteroatoms. The van der Waals surface area contributed by atoms with Crippen molar-refractivity contribution < 1.29 is 9.59 Å². The smallest absolute Gasteiger partial charge is 0.227 e. The molecule has 1 aromatic heterocycles. The zero-order valence-corrected chi connectivity index (χ0v) is 12.3. The summed E-state index contributed by atoms with van der Waals surface area (Å²) in [5.74, 6) is 0.272. The van der Waals surface area contributed by atoms with Gasteiger partial charge < -0.3 is 10.2 Å². The quantitative estimate of drug-likeness (QED) is 0.842. The summed E-state index contributed by atoms with van der Waals surface area (Å²) in [5.41, 5.74) is 0. The van der Waals surface area contributed by atoms with Crippen LogP contribution in [0.3, 0.4) is 0 Å². The van der Waals surface area contributed by atoms with Gasteiger partial charge in [-0.05, 0) is 24.3 Å². The van der Waals surface area contributed by atoms with Crippen LogP contribution in [0.25, 0.3) is 0 Å². The van der Waals surface area contributed by atoms with E-state index in [0.29, 0.717) is 26.1 Å². The van der Waals surface area contributed by atoms with Crippen LogP contribution in [0, 0.1) is 5.92 Å². The van der Waals surface area contributed by atoms with Crippen LogP contribution in [-0.4, -0.2) is 36.3 Å². The van der Waals surface area contributed by atoms with Crippen LogP contribution in [0.2, 0.25) is 0 Å². The Morgan fingerprint density at radius 1 is 1.45 bits per heavy atom. The van der Waals surface area contributed by atoms with Gasteiger partial charge in [-0.1, -0.05) is 12.1 Å². The minimum atomic E-state index is 0.0285. The lowest BCUT2D eigenvalue weighted by molar-refractivity contribution is -0.135. The summed E-state index contributed by atoms with van der Waals surface area (Å²) in [7, 11) is 0. The van der Waals surface area contributed by atoms with Crippen molar-refractivity contribution in [3.63, 3.8) is 0 Å². The van der Waals surface area contributed by atoms with Crippen LogP contribution in [0.15, 0.2) is 30.2 Å². The molecule has 4 nitrogen and oxygen atoms in total. The van der Waals surface area contributed by atoms with E-state index in [2.05, 4.69) is 11.9 Å². The molecule has 1 N–H and O–H groups in total. The van der Waals surface area contributed by atoms with Gasteiger partial charge in [-0.25, -0.2) is 0 Å². The molecule has 0 bridgehead atoms. The van der Waals surface area contributed by atoms with Gasteiger partial charge in [-0.2, -0.15) is 0 Å². The van der Waals surface area contributed by atoms with Crippen LogP contribution in [0.4, 0.5) is 0 Å². The number of nitrogens with zero attached hydrogens (tertiary/aromatic N) is 1. The van der Waals surface area contributed by atoms with Crippen LogP contribution >= 0.6 is 11.3 Å². The van der Waals surface area contributed by atoms with Gasteiger partial charge >= 0.3 is 0 Å². The maximum absolute atomic E-state index is 12.1. The second-order valence-electron chi connectivity index (χ2n) is 4.95. The topological polar surface area (TPSA) is 49.4 Å². The van der Waals surface area contributed by atoms with Gasteiger partial charge in [0.15, 0.2) is 0 Å². The third kappa shape index (κ3) is 3.93. The second kappa shape index (κ2) is 7.24. The van der Waals surface area contributed by atoms with Gasteiger partial charge in [0.2, 0.25) is 11.8 Å². The number of piperidine rings is 1. The molecule has 0 unspecified atom stereocenters. The zero-order chi connectivity index (χ0) is 14.4. The highest BCUT2D eigenvalue weighted by atomic mass is 32.1. The van der Waals surface area contributed by atoms with Gasteiger partial charge in [0.25, 0.3) is 0 Å². The number of nitrogens with one attached hydrogen (secondary N) is 1. The van der Waals surface area contributed by atoms with E-state index < -0.39 is 0 Å². The lowest BCUT2D eigenvalue weighted by Gasteiger charge is -2.31. The summed E-state index contributed by atoms with van der Waals surface area (Å²) in [4.78, 5) is 26.9. The van der Waals surface area contributed by atoms with Gasteiger partial charge in [0.05, 0.1) is 6.42 Å². The van der Waals surface area contributed by atoms with Crippen LogP contribution < -0.4 is 5.32 Å².